The third-order valence-electron chi connectivity index (χ3n) is 2.72. The first-order valence-electron chi connectivity index (χ1n) is 6.10. The molecule has 0 amide bonds. The van der Waals surface area contributed by atoms with Crippen LogP contribution in [0.5, 0.6) is 0 Å². The van der Waals surface area contributed by atoms with Gasteiger partial charge in [0.1, 0.15) is 11.6 Å². The zero-order valence-corrected chi connectivity index (χ0v) is 11.7. The number of hydrogen-bond donors (Lipinski definition) is 1. The summed E-state index contributed by atoms with van der Waals surface area (Å²) in [6.07, 6.45) is -4.51. The molecule has 112 valence electrons. The smallest absolute Gasteiger partial charge is 0.370 e. The fourth-order valence-electron chi connectivity index (χ4n) is 1.80. The molecule has 1 aromatic heterocycles. The van der Waals surface area contributed by atoms with Crippen molar-refractivity contribution in [3.63, 3.8) is 0 Å². The van der Waals surface area contributed by atoms with Gasteiger partial charge >= 0.3 is 6.18 Å². The molecule has 0 atom stereocenters. The normalized spacial score (nSPS) is 11.5. The van der Waals surface area contributed by atoms with Crippen LogP contribution in [0, 0.1) is 5.82 Å². The zero-order chi connectivity index (χ0) is 15.6. The topological polar surface area (TPSA) is 24.9 Å². The average molecular weight is 319 g/mol. The third-order valence-corrected chi connectivity index (χ3v) is 3.03. The molecule has 0 saturated carbocycles. The summed E-state index contributed by atoms with van der Waals surface area (Å²) < 4.78 is 51.8. The Hall–Kier alpha value is -1.82. The molecule has 0 saturated heterocycles. The predicted molar refractivity (Wildman–Crippen MR) is 73.8 cm³/mol. The second-order valence-corrected chi connectivity index (χ2v) is 4.69. The molecular formula is C14H11ClF4N2. The van der Waals surface area contributed by atoms with Crippen molar-refractivity contribution in [3.05, 3.63) is 46.7 Å². The van der Waals surface area contributed by atoms with Crippen molar-refractivity contribution in [1.29, 1.82) is 0 Å². The number of hydrogen-bond acceptors (Lipinski definition) is 2. The van der Waals surface area contributed by atoms with Crippen LogP contribution >= 0.6 is 11.6 Å². The van der Waals surface area contributed by atoms with Crippen molar-refractivity contribution in [2.24, 2.45) is 0 Å². The van der Waals surface area contributed by atoms with Crippen molar-refractivity contribution < 1.29 is 17.6 Å². The number of pyridine rings is 1. The Kier molecular flexibility index (Phi) is 4.37. The number of anilines is 1. The summed E-state index contributed by atoms with van der Waals surface area (Å²) in [6.45, 7) is 2.16. The van der Waals surface area contributed by atoms with Crippen molar-refractivity contribution in [2.45, 2.75) is 13.1 Å². The summed E-state index contributed by atoms with van der Waals surface area (Å²) in [7, 11) is 0. The second-order valence-electron chi connectivity index (χ2n) is 4.28. The minimum Gasteiger partial charge on any atom is -0.370 e. The van der Waals surface area contributed by atoms with Crippen molar-refractivity contribution >= 4 is 17.4 Å². The Morgan fingerprint density at radius 1 is 1.19 bits per heavy atom. The molecule has 0 aliphatic heterocycles. The van der Waals surface area contributed by atoms with Gasteiger partial charge in [-0.15, -0.1) is 0 Å². The van der Waals surface area contributed by atoms with Crippen LogP contribution in [0.15, 0.2) is 30.3 Å². The third kappa shape index (κ3) is 3.64. The molecule has 2 aromatic rings. The largest absolute Gasteiger partial charge is 0.416 e. The highest BCUT2D eigenvalue weighted by Gasteiger charge is 2.32. The SMILES string of the molecule is CCNc1cc(C(F)(F)F)cc(-c2ccc(F)cc2Cl)n1. The minimum absolute atomic E-state index is 0.00396. The molecule has 0 aliphatic carbocycles. The molecule has 1 N–H and O–H groups in total. The van der Waals surface area contributed by atoms with Gasteiger partial charge in [-0.2, -0.15) is 13.2 Å². The van der Waals surface area contributed by atoms with Gasteiger partial charge in [0.15, 0.2) is 0 Å². The Morgan fingerprint density at radius 2 is 1.90 bits per heavy atom. The van der Waals surface area contributed by atoms with Crippen molar-refractivity contribution in [3.8, 4) is 11.3 Å². The number of nitrogens with one attached hydrogen (secondary N) is 1. The van der Waals surface area contributed by atoms with E-state index < -0.39 is 17.6 Å². The van der Waals surface area contributed by atoms with E-state index in [4.69, 9.17) is 11.6 Å². The Labute approximate surface area is 123 Å². The van der Waals surface area contributed by atoms with Crippen LogP contribution in [0.3, 0.4) is 0 Å². The van der Waals surface area contributed by atoms with Gasteiger partial charge in [-0.3, -0.25) is 0 Å². The van der Waals surface area contributed by atoms with Crippen LogP contribution in [-0.4, -0.2) is 11.5 Å². The van der Waals surface area contributed by atoms with Gasteiger partial charge in [0.2, 0.25) is 0 Å². The van der Waals surface area contributed by atoms with E-state index in [1.807, 2.05) is 0 Å². The van der Waals surface area contributed by atoms with Crippen LogP contribution in [0.4, 0.5) is 23.4 Å². The summed E-state index contributed by atoms with van der Waals surface area (Å²) in [4.78, 5) is 4.08. The van der Waals surface area contributed by atoms with Crippen LogP contribution in [-0.2, 0) is 6.18 Å². The fourth-order valence-corrected chi connectivity index (χ4v) is 2.07. The highest BCUT2D eigenvalue weighted by Crippen LogP contribution is 2.35. The maximum absolute atomic E-state index is 13.0. The van der Waals surface area contributed by atoms with E-state index in [0.717, 1.165) is 24.3 Å². The number of benzene rings is 1. The van der Waals surface area contributed by atoms with Gasteiger partial charge in [0.25, 0.3) is 0 Å². The highest BCUT2D eigenvalue weighted by molar-refractivity contribution is 6.33. The highest BCUT2D eigenvalue weighted by atomic mass is 35.5. The molecular weight excluding hydrogens is 308 g/mol. The standard InChI is InChI=1S/C14H11ClF4N2/c1-2-20-13-6-8(14(17,18)19)5-12(21-13)10-4-3-9(16)7-11(10)15/h3-7H,2H2,1H3,(H,20,21). The van der Waals surface area contributed by atoms with E-state index in [0.29, 0.717) is 6.54 Å². The summed E-state index contributed by atoms with van der Waals surface area (Å²) >= 11 is 5.88. The van der Waals surface area contributed by atoms with Gasteiger partial charge in [-0.25, -0.2) is 9.37 Å². The van der Waals surface area contributed by atoms with Crippen molar-refractivity contribution in [1.82, 2.24) is 4.98 Å². The molecule has 7 heteroatoms. The summed E-state index contributed by atoms with van der Waals surface area (Å²) in [5.74, 6) is -0.481. The van der Waals surface area contributed by atoms with E-state index >= 15 is 0 Å². The fraction of sp³-hybridized carbons (Fsp3) is 0.214. The first-order valence-corrected chi connectivity index (χ1v) is 6.47. The Morgan fingerprint density at radius 3 is 2.48 bits per heavy atom. The monoisotopic (exact) mass is 318 g/mol. The van der Waals surface area contributed by atoms with Crippen LogP contribution in [0.2, 0.25) is 5.02 Å². The molecule has 0 spiro atoms. The van der Waals surface area contributed by atoms with Gasteiger partial charge < -0.3 is 5.32 Å². The van der Waals surface area contributed by atoms with Gasteiger partial charge in [-0.05, 0) is 37.3 Å². The van der Waals surface area contributed by atoms with Crippen molar-refractivity contribution in [2.75, 3.05) is 11.9 Å². The van der Waals surface area contributed by atoms with Gasteiger partial charge in [-0.1, -0.05) is 11.6 Å². The molecule has 0 radical (unpaired) electrons. The molecule has 1 heterocycles. The van der Waals surface area contributed by atoms with E-state index in [-0.39, 0.29) is 22.1 Å². The molecule has 0 unspecified atom stereocenters. The average Bonchev–Trinajstić information content (AvgIpc) is 2.37. The van der Waals surface area contributed by atoms with E-state index in [1.54, 1.807) is 6.92 Å². The number of aromatic nitrogens is 1. The number of nitrogens with zero attached hydrogens (tertiary/aromatic N) is 1. The summed E-state index contributed by atoms with van der Waals surface area (Å²) in [5.41, 5.74) is -0.571. The van der Waals surface area contributed by atoms with Crippen LogP contribution in [0.25, 0.3) is 11.3 Å². The first kappa shape index (κ1) is 15.6. The number of rotatable bonds is 3. The van der Waals surface area contributed by atoms with Gasteiger partial charge in [0.05, 0.1) is 16.3 Å². The number of alkyl halides is 3. The second kappa shape index (κ2) is 5.89. The Bertz CT molecular complexity index is 656. The van der Waals surface area contributed by atoms with Crippen LogP contribution in [0.1, 0.15) is 12.5 Å². The molecule has 0 fully saturated rings. The molecule has 21 heavy (non-hydrogen) atoms. The quantitative estimate of drug-likeness (QED) is 0.806. The lowest BCUT2D eigenvalue weighted by atomic mass is 10.1. The maximum Gasteiger partial charge on any atom is 0.416 e. The first-order chi connectivity index (χ1) is 9.81. The molecule has 0 bridgehead atoms. The molecule has 0 aliphatic rings. The van der Waals surface area contributed by atoms with E-state index in [1.165, 1.54) is 6.07 Å². The summed E-state index contributed by atoms with van der Waals surface area (Å²) in [6, 6.07) is 5.27. The Balaban J connectivity index is 2.59. The molecule has 1 aromatic carbocycles. The van der Waals surface area contributed by atoms with Gasteiger partial charge in [0, 0.05) is 12.1 Å². The van der Waals surface area contributed by atoms with E-state index in [2.05, 4.69) is 10.3 Å². The molecule has 2 nitrogen and oxygen atoms in total. The summed E-state index contributed by atoms with van der Waals surface area (Å²) in [5, 5.41) is 2.74. The minimum atomic E-state index is -4.51. The predicted octanol–water partition coefficient (Wildman–Crippen LogP) is 4.99. The lowest BCUT2D eigenvalue weighted by Gasteiger charge is -2.13. The lowest BCUT2D eigenvalue weighted by molar-refractivity contribution is -0.137. The van der Waals surface area contributed by atoms with Crippen LogP contribution < -0.4 is 5.32 Å². The zero-order valence-electron chi connectivity index (χ0n) is 10.9. The lowest BCUT2D eigenvalue weighted by Crippen LogP contribution is -2.08. The van der Waals surface area contributed by atoms with E-state index in [9.17, 15) is 17.6 Å². The maximum atomic E-state index is 13.0. The number of halogens is 5. The molecule has 2 rings (SSSR count).